The molecule has 4 rings (SSSR count). The van der Waals surface area contributed by atoms with Gasteiger partial charge in [0.1, 0.15) is 0 Å². The first-order valence-electron chi connectivity index (χ1n) is 7.79. The Hall–Kier alpha value is -2.11. The summed E-state index contributed by atoms with van der Waals surface area (Å²) in [5.41, 5.74) is 8.85. The molecule has 0 amide bonds. The number of fused-ring (bicyclic) bond motifs is 3. The molecule has 0 fully saturated rings. The van der Waals surface area contributed by atoms with Gasteiger partial charge in [-0.15, -0.1) is 0 Å². The Kier molecular flexibility index (Phi) is 3.28. The lowest BCUT2D eigenvalue weighted by Crippen LogP contribution is -2.21. The van der Waals surface area contributed by atoms with Gasteiger partial charge in [-0.1, -0.05) is 36.4 Å². The van der Waals surface area contributed by atoms with E-state index >= 15 is 0 Å². The Labute approximate surface area is 135 Å². The summed E-state index contributed by atoms with van der Waals surface area (Å²) in [5, 5.41) is 0.953. The van der Waals surface area contributed by atoms with Crippen molar-refractivity contribution in [1.82, 2.24) is 3.97 Å². The van der Waals surface area contributed by atoms with Crippen molar-refractivity contribution < 1.29 is 8.42 Å². The van der Waals surface area contributed by atoms with Crippen LogP contribution in [0.2, 0.25) is 0 Å². The molecule has 1 aromatic heterocycles. The Balaban J connectivity index is 2.09. The predicted molar refractivity (Wildman–Crippen MR) is 90.8 cm³/mol. The predicted octanol–water partition coefficient (Wildman–Crippen LogP) is 3.21. The smallest absolute Gasteiger partial charge is 0.268 e. The third-order valence-electron chi connectivity index (χ3n) is 4.55. The van der Waals surface area contributed by atoms with Gasteiger partial charge < -0.3 is 5.73 Å². The molecule has 4 nitrogen and oxygen atoms in total. The molecule has 2 aromatic carbocycles. The molecule has 118 valence electrons. The zero-order valence-corrected chi connectivity index (χ0v) is 13.5. The number of rotatable bonds is 2. The van der Waals surface area contributed by atoms with Gasteiger partial charge in [-0.2, -0.15) is 0 Å². The van der Waals surface area contributed by atoms with E-state index in [1.165, 1.54) is 3.97 Å². The van der Waals surface area contributed by atoms with Crippen LogP contribution in [0.15, 0.2) is 59.5 Å². The number of hydrogen-bond acceptors (Lipinski definition) is 3. The molecule has 23 heavy (non-hydrogen) atoms. The standard InChI is InChI=1S/C18H18N2O2S/c19-15-10-6-12-17-18(15)14-9-4-5-11-16(14)20(17)23(21,22)13-7-2-1-3-8-13/h1-5,7-9,11,15H,6,10,12,19H2. The van der Waals surface area contributed by atoms with Crippen LogP contribution >= 0.6 is 0 Å². The van der Waals surface area contributed by atoms with Crippen molar-refractivity contribution in [2.24, 2.45) is 5.73 Å². The van der Waals surface area contributed by atoms with E-state index in [2.05, 4.69) is 0 Å². The normalized spacial score (nSPS) is 18.0. The maximum absolute atomic E-state index is 13.2. The van der Waals surface area contributed by atoms with E-state index in [-0.39, 0.29) is 6.04 Å². The number of aromatic nitrogens is 1. The minimum absolute atomic E-state index is 0.101. The second-order valence-electron chi connectivity index (χ2n) is 5.96. The Bertz CT molecular complexity index is 975. The molecule has 0 radical (unpaired) electrons. The molecule has 1 heterocycles. The highest BCUT2D eigenvalue weighted by atomic mass is 32.2. The van der Waals surface area contributed by atoms with Gasteiger partial charge in [0.25, 0.3) is 10.0 Å². The van der Waals surface area contributed by atoms with Gasteiger partial charge in [-0.25, -0.2) is 12.4 Å². The van der Waals surface area contributed by atoms with Gasteiger partial charge in [-0.05, 0) is 43.0 Å². The average Bonchev–Trinajstić information content (AvgIpc) is 2.92. The van der Waals surface area contributed by atoms with Crippen molar-refractivity contribution >= 4 is 20.9 Å². The highest BCUT2D eigenvalue weighted by Gasteiger charge is 2.30. The fraction of sp³-hybridized carbons (Fsp3) is 0.222. The maximum atomic E-state index is 13.2. The average molecular weight is 326 g/mol. The lowest BCUT2D eigenvalue weighted by molar-refractivity contribution is 0.555. The largest absolute Gasteiger partial charge is 0.324 e. The highest BCUT2D eigenvalue weighted by molar-refractivity contribution is 7.90. The van der Waals surface area contributed by atoms with Crippen LogP contribution < -0.4 is 5.73 Å². The molecule has 0 spiro atoms. The van der Waals surface area contributed by atoms with Crippen molar-refractivity contribution in [2.75, 3.05) is 0 Å². The van der Waals surface area contributed by atoms with Crippen LogP contribution in [0.4, 0.5) is 0 Å². The first-order chi connectivity index (χ1) is 11.1. The summed E-state index contributed by atoms with van der Waals surface area (Å²) in [7, 11) is -3.63. The molecule has 1 atom stereocenters. The van der Waals surface area contributed by atoms with Crippen molar-refractivity contribution in [3.8, 4) is 0 Å². The van der Waals surface area contributed by atoms with E-state index in [1.54, 1.807) is 24.3 Å². The summed E-state index contributed by atoms with van der Waals surface area (Å²) in [6.07, 6.45) is 2.55. The minimum Gasteiger partial charge on any atom is -0.324 e. The van der Waals surface area contributed by atoms with Gasteiger partial charge in [-0.3, -0.25) is 0 Å². The van der Waals surface area contributed by atoms with Crippen LogP contribution in [0.25, 0.3) is 10.9 Å². The molecule has 1 aliphatic carbocycles. The molecule has 0 saturated heterocycles. The first kappa shape index (κ1) is 14.5. The van der Waals surface area contributed by atoms with Crippen LogP contribution in [0.5, 0.6) is 0 Å². The van der Waals surface area contributed by atoms with E-state index in [1.807, 2.05) is 30.3 Å². The number of hydrogen-bond donors (Lipinski definition) is 1. The monoisotopic (exact) mass is 326 g/mol. The number of nitrogens with zero attached hydrogens (tertiary/aromatic N) is 1. The fourth-order valence-electron chi connectivity index (χ4n) is 3.54. The Morgan fingerprint density at radius 3 is 2.48 bits per heavy atom. The SMILES string of the molecule is NC1CCCc2c1c1ccccc1n2S(=O)(=O)c1ccccc1. The first-order valence-corrected chi connectivity index (χ1v) is 9.23. The highest BCUT2D eigenvalue weighted by Crippen LogP contribution is 2.38. The second kappa shape index (κ2) is 5.22. The van der Waals surface area contributed by atoms with E-state index < -0.39 is 10.0 Å². The molecular formula is C18H18N2O2S. The maximum Gasteiger partial charge on any atom is 0.268 e. The summed E-state index contributed by atoms with van der Waals surface area (Å²) < 4.78 is 27.9. The molecule has 5 heteroatoms. The van der Waals surface area contributed by atoms with Crippen molar-refractivity contribution in [1.29, 1.82) is 0 Å². The Morgan fingerprint density at radius 1 is 1.00 bits per heavy atom. The second-order valence-corrected chi connectivity index (χ2v) is 7.75. The topological polar surface area (TPSA) is 65.1 Å². The zero-order chi connectivity index (χ0) is 16.0. The van der Waals surface area contributed by atoms with Crippen LogP contribution in [-0.4, -0.2) is 12.4 Å². The van der Waals surface area contributed by atoms with Gasteiger partial charge in [0.05, 0.1) is 10.4 Å². The fourth-order valence-corrected chi connectivity index (χ4v) is 5.15. The molecule has 2 N–H and O–H groups in total. The summed E-state index contributed by atoms with van der Waals surface area (Å²) in [4.78, 5) is 0.308. The van der Waals surface area contributed by atoms with Gasteiger partial charge in [0.15, 0.2) is 0 Å². The lowest BCUT2D eigenvalue weighted by Gasteiger charge is -2.21. The molecule has 0 saturated carbocycles. The molecule has 0 aliphatic heterocycles. The molecule has 1 unspecified atom stereocenters. The van der Waals surface area contributed by atoms with Crippen molar-refractivity contribution in [2.45, 2.75) is 30.2 Å². The van der Waals surface area contributed by atoms with E-state index in [0.717, 1.165) is 41.4 Å². The van der Waals surface area contributed by atoms with Crippen LogP contribution in [0.1, 0.15) is 30.1 Å². The number of benzene rings is 2. The van der Waals surface area contributed by atoms with Gasteiger partial charge in [0.2, 0.25) is 0 Å². The Morgan fingerprint density at radius 2 is 1.70 bits per heavy atom. The molecule has 0 bridgehead atoms. The summed E-state index contributed by atoms with van der Waals surface area (Å²) >= 11 is 0. The summed E-state index contributed by atoms with van der Waals surface area (Å²) in [6, 6.07) is 16.1. The van der Waals surface area contributed by atoms with E-state index in [4.69, 9.17) is 5.73 Å². The van der Waals surface area contributed by atoms with Crippen molar-refractivity contribution in [3.05, 3.63) is 65.9 Å². The number of para-hydroxylation sites is 1. The summed E-state index contributed by atoms with van der Waals surface area (Å²) in [5.74, 6) is 0. The zero-order valence-electron chi connectivity index (χ0n) is 12.6. The van der Waals surface area contributed by atoms with E-state index in [9.17, 15) is 8.42 Å². The third kappa shape index (κ3) is 2.11. The van der Waals surface area contributed by atoms with Gasteiger partial charge in [0, 0.05) is 17.1 Å². The molecule has 3 aromatic rings. The lowest BCUT2D eigenvalue weighted by atomic mass is 9.91. The quantitative estimate of drug-likeness (QED) is 0.786. The molecule has 1 aliphatic rings. The minimum atomic E-state index is -3.63. The van der Waals surface area contributed by atoms with Crippen LogP contribution in [-0.2, 0) is 16.4 Å². The van der Waals surface area contributed by atoms with Crippen LogP contribution in [0, 0.1) is 0 Å². The van der Waals surface area contributed by atoms with Crippen molar-refractivity contribution in [3.63, 3.8) is 0 Å². The van der Waals surface area contributed by atoms with E-state index in [0.29, 0.717) is 4.90 Å². The molecular weight excluding hydrogens is 308 g/mol. The summed E-state index contributed by atoms with van der Waals surface area (Å²) in [6.45, 7) is 0. The van der Waals surface area contributed by atoms with Crippen LogP contribution in [0.3, 0.4) is 0 Å². The third-order valence-corrected chi connectivity index (χ3v) is 6.32. The number of nitrogens with two attached hydrogens (primary N) is 1. The van der Waals surface area contributed by atoms with Gasteiger partial charge >= 0.3 is 0 Å².